The van der Waals surface area contributed by atoms with Crippen LogP contribution in [0, 0.1) is 6.92 Å². The van der Waals surface area contributed by atoms with Crippen molar-refractivity contribution in [3.63, 3.8) is 0 Å². The predicted octanol–water partition coefficient (Wildman–Crippen LogP) is 2.74. The van der Waals surface area contributed by atoms with E-state index in [-0.39, 0.29) is 6.04 Å². The highest BCUT2D eigenvalue weighted by molar-refractivity contribution is 7.15. The molecule has 5 heteroatoms. The summed E-state index contributed by atoms with van der Waals surface area (Å²) < 4.78 is 1.96. The molecule has 0 spiro atoms. The highest BCUT2D eigenvalue weighted by atomic mass is 32.1. The maximum absolute atomic E-state index is 5.91. The lowest BCUT2D eigenvalue weighted by molar-refractivity contribution is 0.603. The van der Waals surface area contributed by atoms with Crippen LogP contribution in [-0.2, 0) is 6.54 Å². The summed E-state index contributed by atoms with van der Waals surface area (Å²) in [4.78, 5) is 5.72. The van der Waals surface area contributed by atoms with Gasteiger partial charge in [0.15, 0.2) is 0 Å². The molecule has 2 aromatic rings. The number of aryl methyl sites for hydroxylation is 2. The van der Waals surface area contributed by atoms with Crippen LogP contribution in [0.15, 0.2) is 12.4 Å². The topological polar surface area (TPSA) is 56.7 Å². The lowest BCUT2D eigenvalue weighted by Gasteiger charge is -1.99. The third kappa shape index (κ3) is 2.56. The van der Waals surface area contributed by atoms with Crippen molar-refractivity contribution in [3.8, 4) is 10.6 Å². The Hall–Kier alpha value is -1.20. The van der Waals surface area contributed by atoms with E-state index in [4.69, 9.17) is 5.73 Å². The molecule has 0 aliphatic rings. The van der Waals surface area contributed by atoms with Crippen molar-refractivity contribution in [2.45, 2.75) is 39.8 Å². The fraction of sp³-hybridized carbons (Fsp3) is 0.500. The first-order chi connectivity index (χ1) is 8.11. The Bertz CT molecular complexity index is 498. The van der Waals surface area contributed by atoms with Crippen LogP contribution in [0.5, 0.6) is 0 Å². The van der Waals surface area contributed by atoms with Gasteiger partial charge in [0.2, 0.25) is 0 Å². The van der Waals surface area contributed by atoms with Gasteiger partial charge in [-0.15, -0.1) is 11.3 Å². The van der Waals surface area contributed by atoms with Gasteiger partial charge in [-0.3, -0.25) is 4.68 Å². The van der Waals surface area contributed by atoms with Crippen molar-refractivity contribution in [2.75, 3.05) is 0 Å². The SMILES string of the molecule is CCCn1cc(-c2nc(C)c(C(C)N)s2)cn1. The van der Waals surface area contributed by atoms with E-state index < -0.39 is 0 Å². The number of nitrogens with two attached hydrogens (primary N) is 1. The van der Waals surface area contributed by atoms with Crippen LogP contribution < -0.4 is 5.73 Å². The fourth-order valence-electron chi connectivity index (χ4n) is 1.78. The highest BCUT2D eigenvalue weighted by Crippen LogP contribution is 2.30. The van der Waals surface area contributed by atoms with Crippen molar-refractivity contribution in [3.05, 3.63) is 23.0 Å². The summed E-state index contributed by atoms with van der Waals surface area (Å²) in [5, 5.41) is 5.33. The number of nitrogens with zero attached hydrogens (tertiary/aromatic N) is 3. The molecule has 0 aromatic carbocycles. The van der Waals surface area contributed by atoms with Crippen molar-refractivity contribution < 1.29 is 0 Å². The Morgan fingerprint density at radius 1 is 1.53 bits per heavy atom. The van der Waals surface area contributed by atoms with Crippen LogP contribution in [0.4, 0.5) is 0 Å². The Morgan fingerprint density at radius 3 is 2.88 bits per heavy atom. The molecule has 0 saturated carbocycles. The van der Waals surface area contributed by atoms with Gasteiger partial charge in [0.1, 0.15) is 5.01 Å². The maximum Gasteiger partial charge on any atom is 0.127 e. The van der Waals surface area contributed by atoms with Crippen LogP contribution >= 0.6 is 11.3 Å². The van der Waals surface area contributed by atoms with Crippen molar-refractivity contribution in [2.24, 2.45) is 5.73 Å². The molecule has 0 saturated heterocycles. The van der Waals surface area contributed by atoms with Crippen LogP contribution in [-0.4, -0.2) is 14.8 Å². The van der Waals surface area contributed by atoms with Gasteiger partial charge in [0.05, 0.1) is 11.9 Å². The Labute approximate surface area is 105 Å². The summed E-state index contributed by atoms with van der Waals surface area (Å²) in [6, 6.07) is 0.0481. The van der Waals surface area contributed by atoms with E-state index in [2.05, 4.69) is 17.0 Å². The average Bonchev–Trinajstić information content (AvgIpc) is 2.85. The van der Waals surface area contributed by atoms with Crippen molar-refractivity contribution in [1.82, 2.24) is 14.8 Å². The van der Waals surface area contributed by atoms with E-state index >= 15 is 0 Å². The maximum atomic E-state index is 5.91. The van der Waals surface area contributed by atoms with Gasteiger partial charge < -0.3 is 5.73 Å². The summed E-state index contributed by atoms with van der Waals surface area (Å²) in [6.07, 6.45) is 5.01. The number of rotatable bonds is 4. The number of hydrogen-bond acceptors (Lipinski definition) is 4. The zero-order valence-electron chi connectivity index (χ0n) is 10.5. The van der Waals surface area contributed by atoms with Crippen molar-refractivity contribution in [1.29, 1.82) is 0 Å². The minimum atomic E-state index is 0.0481. The number of hydrogen-bond donors (Lipinski definition) is 1. The molecular formula is C12H18N4S. The van der Waals surface area contributed by atoms with Crippen LogP contribution in [0.1, 0.15) is 36.9 Å². The molecule has 2 N–H and O–H groups in total. The molecule has 2 rings (SSSR count). The summed E-state index contributed by atoms with van der Waals surface area (Å²) in [7, 11) is 0. The van der Waals surface area contributed by atoms with Gasteiger partial charge in [-0.1, -0.05) is 6.92 Å². The fourth-order valence-corrected chi connectivity index (χ4v) is 2.77. The molecule has 2 aromatic heterocycles. The second-order valence-corrected chi connectivity index (χ2v) is 5.28. The number of aromatic nitrogens is 3. The van der Waals surface area contributed by atoms with Gasteiger partial charge in [-0.2, -0.15) is 5.10 Å². The zero-order chi connectivity index (χ0) is 12.4. The third-order valence-corrected chi connectivity index (χ3v) is 3.99. The standard InChI is InChI=1S/C12H18N4S/c1-4-5-16-7-10(6-14-16)12-15-9(3)11(17-12)8(2)13/h6-8H,4-5,13H2,1-3H3. The highest BCUT2D eigenvalue weighted by Gasteiger charge is 2.13. The first kappa shape index (κ1) is 12.3. The first-order valence-electron chi connectivity index (χ1n) is 5.87. The Balaban J connectivity index is 2.29. The molecule has 0 fully saturated rings. The molecular weight excluding hydrogens is 232 g/mol. The van der Waals surface area contributed by atoms with Gasteiger partial charge in [-0.25, -0.2) is 4.98 Å². The molecule has 1 unspecified atom stereocenters. The van der Waals surface area contributed by atoms with E-state index in [1.807, 2.05) is 30.9 Å². The Morgan fingerprint density at radius 2 is 2.29 bits per heavy atom. The summed E-state index contributed by atoms with van der Waals surface area (Å²) in [6.45, 7) is 7.09. The molecule has 92 valence electrons. The van der Waals surface area contributed by atoms with E-state index in [9.17, 15) is 0 Å². The monoisotopic (exact) mass is 250 g/mol. The van der Waals surface area contributed by atoms with Crippen molar-refractivity contribution >= 4 is 11.3 Å². The van der Waals surface area contributed by atoms with Crippen LogP contribution in [0.2, 0.25) is 0 Å². The van der Waals surface area contributed by atoms with E-state index in [1.54, 1.807) is 11.3 Å². The molecule has 0 amide bonds. The summed E-state index contributed by atoms with van der Waals surface area (Å²) >= 11 is 1.66. The quantitative estimate of drug-likeness (QED) is 0.907. The first-order valence-corrected chi connectivity index (χ1v) is 6.69. The van der Waals surface area contributed by atoms with Gasteiger partial charge in [0, 0.05) is 29.2 Å². The van der Waals surface area contributed by atoms with Crippen LogP contribution in [0.3, 0.4) is 0 Å². The molecule has 17 heavy (non-hydrogen) atoms. The predicted molar refractivity (Wildman–Crippen MR) is 71.0 cm³/mol. The second kappa shape index (κ2) is 4.98. The van der Waals surface area contributed by atoms with Gasteiger partial charge >= 0.3 is 0 Å². The largest absolute Gasteiger partial charge is 0.323 e. The molecule has 0 radical (unpaired) electrons. The third-order valence-electron chi connectivity index (χ3n) is 2.58. The zero-order valence-corrected chi connectivity index (χ0v) is 11.3. The number of thiazole rings is 1. The molecule has 1 atom stereocenters. The van der Waals surface area contributed by atoms with Crippen LogP contribution in [0.25, 0.3) is 10.6 Å². The second-order valence-electron chi connectivity index (χ2n) is 4.25. The van der Waals surface area contributed by atoms with Gasteiger partial charge in [0.25, 0.3) is 0 Å². The molecule has 0 bridgehead atoms. The lowest BCUT2D eigenvalue weighted by atomic mass is 10.2. The molecule has 0 aliphatic heterocycles. The molecule has 0 aliphatic carbocycles. The Kier molecular flexibility index (Phi) is 3.59. The summed E-state index contributed by atoms with van der Waals surface area (Å²) in [5.74, 6) is 0. The smallest absolute Gasteiger partial charge is 0.127 e. The normalized spacial score (nSPS) is 12.9. The average molecular weight is 250 g/mol. The molecule has 2 heterocycles. The lowest BCUT2D eigenvalue weighted by Crippen LogP contribution is -2.03. The van der Waals surface area contributed by atoms with E-state index in [0.29, 0.717) is 0 Å². The minimum absolute atomic E-state index is 0.0481. The van der Waals surface area contributed by atoms with E-state index in [0.717, 1.165) is 34.1 Å². The minimum Gasteiger partial charge on any atom is -0.323 e. The summed E-state index contributed by atoms with van der Waals surface area (Å²) in [5.41, 5.74) is 8.02. The van der Waals surface area contributed by atoms with Gasteiger partial charge in [-0.05, 0) is 20.3 Å². The molecule has 4 nitrogen and oxygen atoms in total. The van der Waals surface area contributed by atoms with E-state index in [1.165, 1.54) is 0 Å².